The highest BCUT2D eigenvalue weighted by molar-refractivity contribution is 7.94. The summed E-state index contributed by atoms with van der Waals surface area (Å²) in [4.78, 5) is 12.6. The first-order chi connectivity index (χ1) is 14.2. The SMILES string of the molecule is CC(C)(C)c1ccc(C=NNC(=O)c2ccccc2NS(=O)(=O)c2cccs2)cc1. The molecule has 3 rings (SSSR count). The molecular weight excluding hydrogens is 418 g/mol. The maximum Gasteiger partial charge on any atom is 0.273 e. The van der Waals surface area contributed by atoms with Crippen molar-refractivity contribution >= 4 is 39.2 Å². The Balaban J connectivity index is 1.71. The van der Waals surface area contributed by atoms with E-state index in [1.165, 1.54) is 23.8 Å². The van der Waals surface area contributed by atoms with Crippen LogP contribution in [0, 0.1) is 0 Å². The van der Waals surface area contributed by atoms with Gasteiger partial charge < -0.3 is 0 Å². The van der Waals surface area contributed by atoms with E-state index in [2.05, 4.69) is 36.0 Å². The number of hydrazone groups is 1. The van der Waals surface area contributed by atoms with Gasteiger partial charge in [0.1, 0.15) is 4.21 Å². The summed E-state index contributed by atoms with van der Waals surface area (Å²) in [5.41, 5.74) is 4.92. The number of hydrogen-bond donors (Lipinski definition) is 2. The minimum atomic E-state index is -3.76. The molecule has 0 radical (unpaired) electrons. The molecule has 0 saturated carbocycles. The zero-order valence-electron chi connectivity index (χ0n) is 16.9. The summed E-state index contributed by atoms with van der Waals surface area (Å²) in [5.74, 6) is -0.512. The van der Waals surface area contributed by atoms with Crippen LogP contribution in [-0.2, 0) is 15.4 Å². The van der Waals surface area contributed by atoms with Crippen LogP contribution in [0.4, 0.5) is 5.69 Å². The number of carbonyl (C=O) groups is 1. The second-order valence-corrected chi connectivity index (χ2v) is 10.5. The van der Waals surface area contributed by atoms with Crippen molar-refractivity contribution in [3.05, 3.63) is 82.7 Å². The van der Waals surface area contributed by atoms with Crippen molar-refractivity contribution in [3.63, 3.8) is 0 Å². The lowest BCUT2D eigenvalue weighted by atomic mass is 9.87. The van der Waals surface area contributed by atoms with E-state index in [-0.39, 0.29) is 20.9 Å². The molecule has 0 spiro atoms. The van der Waals surface area contributed by atoms with Gasteiger partial charge in [0, 0.05) is 0 Å². The Bertz CT molecular complexity index is 1150. The Kier molecular flexibility index (Phi) is 6.38. The fourth-order valence-corrected chi connectivity index (χ4v) is 4.75. The molecule has 0 saturated heterocycles. The average molecular weight is 442 g/mol. The van der Waals surface area contributed by atoms with Crippen LogP contribution in [0.25, 0.3) is 0 Å². The van der Waals surface area contributed by atoms with E-state index < -0.39 is 15.9 Å². The molecule has 30 heavy (non-hydrogen) atoms. The molecule has 1 heterocycles. The maximum absolute atomic E-state index is 12.6. The van der Waals surface area contributed by atoms with E-state index in [1.807, 2.05) is 24.3 Å². The van der Waals surface area contributed by atoms with E-state index in [0.29, 0.717) is 0 Å². The number of nitrogens with one attached hydrogen (secondary N) is 2. The molecule has 1 amide bonds. The zero-order chi connectivity index (χ0) is 21.8. The van der Waals surface area contributed by atoms with Crippen molar-refractivity contribution in [2.45, 2.75) is 30.4 Å². The fourth-order valence-electron chi connectivity index (χ4n) is 2.68. The largest absolute Gasteiger partial charge is 0.278 e. The summed E-state index contributed by atoms with van der Waals surface area (Å²) >= 11 is 1.10. The minimum Gasteiger partial charge on any atom is -0.278 e. The summed E-state index contributed by atoms with van der Waals surface area (Å²) < 4.78 is 27.6. The number of para-hydroxylation sites is 1. The summed E-state index contributed by atoms with van der Waals surface area (Å²) in [6.45, 7) is 6.42. The van der Waals surface area contributed by atoms with E-state index in [4.69, 9.17) is 0 Å². The van der Waals surface area contributed by atoms with E-state index in [0.717, 1.165) is 16.9 Å². The molecule has 0 aliphatic carbocycles. The molecule has 2 aromatic carbocycles. The quantitative estimate of drug-likeness (QED) is 0.432. The summed E-state index contributed by atoms with van der Waals surface area (Å²) in [6.07, 6.45) is 1.54. The van der Waals surface area contributed by atoms with E-state index in [9.17, 15) is 13.2 Å². The maximum atomic E-state index is 12.6. The molecule has 0 bridgehead atoms. The molecule has 6 nitrogen and oxygen atoms in total. The number of thiophene rings is 1. The highest BCUT2D eigenvalue weighted by Crippen LogP contribution is 2.23. The Hall–Kier alpha value is -2.97. The number of nitrogens with zero attached hydrogens (tertiary/aromatic N) is 1. The van der Waals surface area contributed by atoms with Gasteiger partial charge in [-0.05, 0) is 40.1 Å². The Morgan fingerprint density at radius 1 is 1.00 bits per heavy atom. The smallest absolute Gasteiger partial charge is 0.273 e. The van der Waals surface area contributed by atoms with Crippen LogP contribution >= 0.6 is 11.3 Å². The van der Waals surface area contributed by atoms with Crippen molar-refractivity contribution in [3.8, 4) is 0 Å². The van der Waals surface area contributed by atoms with Gasteiger partial charge in [0.15, 0.2) is 0 Å². The molecule has 2 N–H and O–H groups in total. The Morgan fingerprint density at radius 3 is 2.33 bits per heavy atom. The zero-order valence-corrected chi connectivity index (χ0v) is 18.5. The molecular formula is C22H23N3O3S2. The van der Waals surface area contributed by atoms with Crippen LogP contribution in [0.1, 0.15) is 42.3 Å². The molecule has 1 aromatic heterocycles. The van der Waals surface area contributed by atoms with Crippen molar-refractivity contribution in [1.82, 2.24) is 5.43 Å². The average Bonchev–Trinajstić information content (AvgIpc) is 3.24. The molecule has 0 atom stereocenters. The van der Waals surface area contributed by atoms with E-state index >= 15 is 0 Å². The van der Waals surface area contributed by atoms with Crippen molar-refractivity contribution in [2.24, 2.45) is 5.10 Å². The number of sulfonamides is 1. The summed E-state index contributed by atoms with van der Waals surface area (Å²) in [6, 6.07) is 17.5. The monoisotopic (exact) mass is 441 g/mol. The lowest BCUT2D eigenvalue weighted by Crippen LogP contribution is -2.21. The van der Waals surface area contributed by atoms with Gasteiger partial charge in [-0.25, -0.2) is 13.8 Å². The van der Waals surface area contributed by atoms with Gasteiger partial charge in [-0.2, -0.15) is 5.10 Å². The van der Waals surface area contributed by atoms with Crippen LogP contribution in [0.2, 0.25) is 0 Å². The van der Waals surface area contributed by atoms with Crippen molar-refractivity contribution < 1.29 is 13.2 Å². The number of benzene rings is 2. The third-order valence-corrected chi connectivity index (χ3v) is 7.10. The van der Waals surface area contributed by atoms with Gasteiger partial charge >= 0.3 is 0 Å². The third-order valence-electron chi connectivity index (χ3n) is 4.33. The number of carbonyl (C=O) groups excluding carboxylic acids is 1. The number of amides is 1. The minimum absolute atomic E-state index is 0.0596. The molecule has 0 fully saturated rings. The second-order valence-electron chi connectivity index (χ2n) is 7.65. The van der Waals surface area contributed by atoms with E-state index in [1.54, 1.807) is 29.8 Å². The van der Waals surface area contributed by atoms with Gasteiger partial charge in [-0.3, -0.25) is 9.52 Å². The molecule has 0 unspecified atom stereocenters. The van der Waals surface area contributed by atoms with Crippen LogP contribution < -0.4 is 10.1 Å². The van der Waals surface area contributed by atoms with Crippen LogP contribution in [-0.4, -0.2) is 20.5 Å². The molecule has 3 aromatic rings. The first kappa shape index (κ1) is 21.7. The van der Waals surface area contributed by atoms with Gasteiger partial charge in [0.05, 0.1) is 17.5 Å². The van der Waals surface area contributed by atoms with Crippen molar-refractivity contribution in [2.75, 3.05) is 4.72 Å². The fraction of sp³-hybridized carbons (Fsp3) is 0.182. The number of hydrogen-bond acceptors (Lipinski definition) is 5. The first-order valence-electron chi connectivity index (χ1n) is 9.26. The van der Waals surface area contributed by atoms with Gasteiger partial charge in [0.25, 0.3) is 15.9 Å². The Labute approximate surface area is 180 Å². The third kappa shape index (κ3) is 5.34. The summed E-state index contributed by atoms with van der Waals surface area (Å²) in [7, 11) is -3.76. The summed E-state index contributed by atoms with van der Waals surface area (Å²) in [5, 5.41) is 5.67. The lowest BCUT2D eigenvalue weighted by Gasteiger charge is -2.18. The standard InChI is InChI=1S/C22H23N3O3S2/c1-22(2,3)17-12-10-16(11-13-17)15-23-24-21(26)18-7-4-5-8-19(18)25-30(27,28)20-9-6-14-29-20/h4-15,25H,1-3H3,(H,24,26). The highest BCUT2D eigenvalue weighted by atomic mass is 32.2. The topological polar surface area (TPSA) is 87.6 Å². The normalized spacial score (nSPS) is 12.1. The molecule has 156 valence electrons. The van der Waals surface area contributed by atoms with Crippen LogP contribution in [0.15, 0.2) is 75.4 Å². The van der Waals surface area contributed by atoms with Crippen LogP contribution in [0.5, 0.6) is 0 Å². The van der Waals surface area contributed by atoms with Crippen LogP contribution in [0.3, 0.4) is 0 Å². The second kappa shape index (κ2) is 8.81. The lowest BCUT2D eigenvalue weighted by molar-refractivity contribution is 0.0956. The predicted octanol–water partition coefficient (Wildman–Crippen LogP) is 4.61. The first-order valence-corrected chi connectivity index (χ1v) is 11.6. The Morgan fingerprint density at radius 2 is 1.70 bits per heavy atom. The van der Waals surface area contributed by atoms with Gasteiger partial charge in [-0.15, -0.1) is 11.3 Å². The number of anilines is 1. The van der Waals surface area contributed by atoms with Crippen molar-refractivity contribution in [1.29, 1.82) is 0 Å². The van der Waals surface area contributed by atoms with Gasteiger partial charge in [0.2, 0.25) is 0 Å². The van der Waals surface area contributed by atoms with Gasteiger partial charge in [-0.1, -0.05) is 63.2 Å². The predicted molar refractivity (Wildman–Crippen MR) is 122 cm³/mol. The highest BCUT2D eigenvalue weighted by Gasteiger charge is 2.19. The molecule has 0 aliphatic rings. The number of rotatable bonds is 6. The molecule has 8 heteroatoms. The molecule has 0 aliphatic heterocycles.